The lowest BCUT2D eigenvalue weighted by Crippen LogP contribution is -1.82. The number of aromatic nitrogens is 1. The van der Waals surface area contributed by atoms with E-state index in [1.54, 1.807) is 11.3 Å². The predicted octanol–water partition coefficient (Wildman–Crippen LogP) is 6.26. The Balaban J connectivity index is 1.49. The molecular weight excluding hydrogens is 318 g/mol. The smallest absolute Gasteiger partial charge is 0.123 e. The monoisotopic (exact) mass is 333 g/mol. The molecule has 0 fully saturated rings. The Morgan fingerprint density at radius 2 is 1.61 bits per heavy atom. The number of hydrogen-bond donors (Lipinski definition) is 0. The molecule has 0 N–H and O–H groups in total. The molecule has 0 saturated heterocycles. The average Bonchev–Trinajstić information content (AvgIpc) is 3.10. The minimum atomic E-state index is 0.904. The van der Waals surface area contributed by atoms with Crippen LogP contribution in [-0.4, -0.2) is 4.98 Å². The van der Waals surface area contributed by atoms with Crippen LogP contribution in [0.15, 0.2) is 83.1 Å². The summed E-state index contributed by atoms with van der Waals surface area (Å²) in [5, 5.41) is 5.84. The number of thiazole rings is 1. The van der Waals surface area contributed by atoms with E-state index in [0.29, 0.717) is 0 Å². The van der Waals surface area contributed by atoms with Crippen LogP contribution < -0.4 is 0 Å². The maximum atomic E-state index is 4.76. The van der Waals surface area contributed by atoms with Gasteiger partial charge in [-0.1, -0.05) is 60.7 Å². The number of rotatable bonds is 4. The van der Waals surface area contributed by atoms with Crippen LogP contribution in [0, 0.1) is 0 Å². The van der Waals surface area contributed by atoms with Gasteiger partial charge in [0.25, 0.3) is 0 Å². The van der Waals surface area contributed by atoms with Gasteiger partial charge in [0.2, 0.25) is 0 Å². The molecule has 1 nitrogen and oxygen atoms in total. The first-order chi connectivity index (χ1) is 11.4. The normalized spacial score (nSPS) is 11.0. The van der Waals surface area contributed by atoms with Crippen LogP contribution in [0.1, 0.15) is 5.69 Å². The molecular formula is C20H15NS2. The third-order valence-corrected chi connectivity index (χ3v) is 5.65. The first-order valence-corrected chi connectivity index (χ1v) is 9.36. The molecule has 0 aliphatic carbocycles. The second-order valence-corrected chi connectivity index (χ2v) is 7.21. The molecule has 0 aliphatic rings. The summed E-state index contributed by atoms with van der Waals surface area (Å²) in [4.78, 5) is 6.05. The maximum Gasteiger partial charge on any atom is 0.123 e. The van der Waals surface area contributed by atoms with Crippen LogP contribution in [0.4, 0.5) is 0 Å². The Bertz CT molecular complexity index is 928. The van der Waals surface area contributed by atoms with Crippen molar-refractivity contribution >= 4 is 33.9 Å². The van der Waals surface area contributed by atoms with E-state index < -0.39 is 0 Å². The van der Waals surface area contributed by atoms with Crippen LogP contribution in [-0.2, 0) is 5.75 Å². The van der Waals surface area contributed by atoms with Crippen LogP contribution in [0.5, 0.6) is 0 Å². The van der Waals surface area contributed by atoms with Crippen molar-refractivity contribution in [1.82, 2.24) is 4.98 Å². The third-order valence-electron chi connectivity index (χ3n) is 3.68. The minimum Gasteiger partial charge on any atom is -0.240 e. The zero-order valence-corrected chi connectivity index (χ0v) is 14.1. The van der Waals surface area contributed by atoms with Crippen molar-refractivity contribution in [3.8, 4) is 10.6 Å². The highest BCUT2D eigenvalue weighted by Crippen LogP contribution is 2.29. The van der Waals surface area contributed by atoms with Crippen LogP contribution >= 0.6 is 23.1 Å². The highest BCUT2D eigenvalue weighted by molar-refractivity contribution is 7.98. The summed E-state index contributed by atoms with van der Waals surface area (Å²) in [6.45, 7) is 0. The molecule has 1 heterocycles. The van der Waals surface area contributed by atoms with Gasteiger partial charge in [-0.3, -0.25) is 0 Å². The Kier molecular flexibility index (Phi) is 4.14. The quantitative estimate of drug-likeness (QED) is 0.409. The van der Waals surface area contributed by atoms with Crippen LogP contribution in [0.25, 0.3) is 21.3 Å². The van der Waals surface area contributed by atoms with E-state index >= 15 is 0 Å². The molecule has 3 aromatic carbocycles. The summed E-state index contributed by atoms with van der Waals surface area (Å²) in [7, 11) is 0. The summed E-state index contributed by atoms with van der Waals surface area (Å²) < 4.78 is 0. The fraction of sp³-hybridized carbons (Fsp3) is 0.0500. The number of fused-ring (bicyclic) bond motifs is 1. The minimum absolute atomic E-state index is 0.904. The van der Waals surface area contributed by atoms with Crippen molar-refractivity contribution in [1.29, 1.82) is 0 Å². The molecule has 4 rings (SSSR count). The zero-order valence-electron chi connectivity index (χ0n) is 12.5. The summed E-state index contributed by atoms with van der Waals surface area (Å²) in [6.07, 6.45) is 0. The molecule has 0 amide bonds. The van der Waals surface area contributed by atoms with E-state index in [1.807, 2.05) is 17.8 Å². The molecule has 0 aliphatic heterocycles. The third kappa shape index (κ3) is 3.31. The summed E-state index contributed by atoms with van der Waals surface area (Å²) in [5.74, 6) is 0.904. The molecule has 3 heteroatoms. The summed E-state index contributed by atoms with van der Waals surface area (Å²) in [6, 6.07) is 25.5. The van der Waals surface area contributed by atoms with E-state index in [4.69, 9.17) is 4.98 Å². The fourth-order valence-electron chi connectivity index (χ4n) is 2.50. The van der Waals surface area contributed by atoms with Gasteiger partial charge in [-0.25, -0.2) is 4.98 Å². The van der Waals surface area contributed by atoms with Crippen molar-refractivity contribution in [2.24, 2.45) is 0 Å². The Hall–Kier alpha value is -2.10. The van der Waals surface area contributed by atoms with Gasteiger partial charge in [-0.15, -0.1) is 23.1 Å². The number of thioether (sulfide) groups is 1. The highest BCUT2D eigenvalue weighted by atomic mass is 32.2. The Morgan fingerprint density at radius 1 is 0.826 bits per heavy atom. The zero-order chi connectivity index (χ0) is 15.5. The molecule has 0 unspecified atom stereocenters. The van der Waals surface area contributed by atoms with Crippen LogP contribution in [0.2, 0.25) is 0 Å². The first kappa shape index (κ1) is 14.5. The maximum absolute atomic E-state index is 4.76. The molecule has 0 radical (unpaired) electrons. The van der Waals surface area contributed by atoms with Gasteiger partial charge in [-0.2, -0.15) is 0 Å². The van der Waals surface area contributed by atoms with Gasteiger partial charge in [0.15, 0.2) is 0 Å². The molecule has 0 spiro atoms. The van der Waals surface area contributed by atoms with Crippen molar-refractivity contribution in [2.75, 3.05) is 0 Å². The topological polar surface area (TPSA) is 12.9 Å². The van der Waals surface area contributed by atoms with E-state index in [0.717, 1.165) is 16.5 Å². The van der Waals surface area contributed by atoms with E-state index in [1.165, 1.54) is 21.2 Å². The number of nitrogens with zero attached hydrogens (tertiary/aromatic N) is 1. The van der Waals surface area contributed by atoms with E-state index in [9.17, 15) is 0 Å². The van der Waals surface area contributed by atoms with Gasteiger partial charge in [0, 0.05) is 21.6 Å². The first-order valence-electron chi connectivity index (χ1n) is 7.50. The molecule has 0 bridgehead atoms. The number of hydrogen-bond acceptors (Lipinski definition) is 3. The van der Waals surface area contributed by atoms with Gasteiger partial charge in [-0.05, 0) is 22.9 Å². The van der Waals surface area contributed by atoms with Gasteiger partial charge < -0.3 is 0 Å². The number of benzene rings is 3. The van der Waals surface area contributed by atoms with Gasteiger partial charge in [0.1, 0.15) is 5.01 Å². The van der Waals surface area contributed by atoms with Gasteiger partial charge >= 0.3 is 0 Å². The standard InChI is InChI=1S/C20H15NS2/c1-2-7-16(8-3-1)20-21-18(14-23-20)13-22-19-11-10-15-6-4-5-9-17(15)12-19/h1-12,14H,13H2. The Labute approximate surface area is 144 Å². The molecule has 112 valence electrons. The summed E-state index contributed by atoms with van der Waals surface area (Å²) in [5.41, 5.74) is 2.34. The highest BCUT2D eigenvalue weighted by Gasteiger charge is 2.05. The fourth-order valence-corrected chi connectivity index (χ4v) is 4.27. The second kappa shape index (κ2) is 6.57. The molecule has 4 aromatic rings. The molecule has 0 saturated carbocycles. The average molecular weight is 333 g/mol. The van der Waals surface area contributed by atoms with Gasteiger partial charge in [0.05, 0.1) is 5.69 Å². The van der Waals surface area contributed by atoms with Crippen molar-refractivity contribution in [2.45, 2.75) is 10.6 Å². The lowest BCUT2D eigenvalue weighted by atomic mass is 10.1. The molecule has 1 aromatic heterocycles. The van der Waals surface area contributed by atoms with Crippen molar-refractivity contribution in [3.05, 3.63) is 83.9 Å². The van der Waals surface area contributed by atoms with Crippen LogP contribution in [0.3, 0.4) is 0 Å². The van der Waals surface area contributed by atoms with E-state index in [-0.39, 0.29) is 0 Å². The molecule has 23 heavy (non-hydrogen) atoms. The SMILES string of the molecule is c1ccc(-c2nc(CSc3ccc4ccccc4c3)cs2)cc1. The van der Waals surface area contributed by atoms with Crippen molar-refractivity contribution in [3.63, 3.8) is 0 Å². The van der Waals surface area contributed by atoms with E-state index in [2.05, 4.69) is 72.1 Å². The lowest BCUT2D eigenvalue weighted by molar-refractivity contribution is 1.23. The molecule has 0 atom stereocenters. The Morgan fingerprint density at radius 3 is 2.48 bits per heavy atom. The second-order valence-electron chi connectivity index (χ2n) is 5.31. The predicted molar refractivity (Wildman–Crippen MR) is 101 cm³/mol. The summed E-state index contributed by atoms with van der Waals surface area (Å²) >= 11 is 3.56. The lowest BCUT2D eigenvalue weighted by Gasteiger charge is -2.02. The van der Waals surface area contributed by atoms with Crippen molar-refractivity contribution < 1.29 is 0 Å². The largest absolute Gasteiger partial charge is 0.240 e.